The van der Waals surface area contributed by atoms with E-state index in [0.29, 0.717) is 18.8 Å². The van der Waals surface area contributed by atoms with Crippen LogP contribution in [0.1, 0.15) is 0 Å². The van der Waals surface area contributed by atoms with E-state index in [0.717, 1.165) is 0 Å². The maximum Gasteiger partial charge on any atom is 0.345 e. The minimum atomic E-state index is -0.305. The van der Waals surface area contributed by atoms with Crippen LogP contribution in [-0.4, -0.2) is 20.9 Å². The molecule has 0 fully saturated rings. The molecule has 6 heteroatoms. The highest BCUT2D eigenvalue weighted by atomic mass is 19.1. The van der Waals surface area contributed by atoms with Crippen LogP contribution in [-0.2, 0) is 13.6 Å². The van der Waals surface area contributed by atoms with Gasteiger partial charge in [0.1, 0.15) is 12.1 Å². The molecule has 1 heterocycles. The lowest BCUT2D eigenvalue weighted by Gasteiger charge is -2.06. The van der Waals surface area contributed by atoms with E-state index in [1.165, 1.54) is 21.6 Å². The Morgan fingerprint density at radius 2 is 2.18 bits per heavy atom. The fraction of sp³-hybridized carbons (Fsp3) is 0.273. The van der Waals surface area contributed by atoms with E-state index in [4.69, 9.17) is 0 Å². The summed E-state index contributed by atoms with van der Waals surface area (Å²) in [7, 11) is 1.64. The van der Waals surface area contributed by atoms with E-state index < -0.39 is 0 Å². The number of hydrogen-bond acceptors (Lipinski definition) is 3. The molecule has 0 bridgehead atoms. The highest BCUT2D eigenvalue weighted by Gasteiger charge is 2.02. The van der Waals surface area contributed by atoms with Crippen LogP contribution in [0.2, 0.25) is 0 Å². The summed E-state index contributed by atoms with van der Waals surface area (Å²) in [5, 5.41) is 6.82. The van der Waals surface area contributed by atoms with Gasteiger partial charge in [-0.25, -0.2) is 13.9 Å². The van der Waals surface area contributed by atoms with Crippen molar-refractivity contribution in [3.05, 3.63) is 46.9 Å². The minimum Gasteiger partial charge on any atom is -0.381 e. The van der Waals surface area contributed by atoms with E-state index in [9.17, 15) is 9.18 Å². The molecule has 90 valence electrons. The summed E-state index contributed by atoms with van der Waals surface area (Å²) in [5.41, 5.74) is 0.247. The number of nitrogens with zero attached hydrogens (tertiary/aromatic N) is 3. The number of aromatic nitrogens is 3. The van der Waals surface area contributed by atoms with Crippen molar-refractivity contribution in [1.29, 1.82) is 0 Å². The van der Waals surface area contributed by atoms with Gasteiger partial charge in [0.15, 0.2) is 0 Å². The third-order valence-electron chi connectivity index (χ3n) is 2.40. The number of benzene rings is 1. The van der Waals surface area contributed by atoms with Crippen molar-refractivity contribution in [1.82, 2.24) is 14.3 Å². The number of rotatable bonds is 4. The standard InChI is InChI=1S/C11H13FN4O/c1-15-8-14-16(11(15)17)7-6-13-10-5-3-2-4-9(10)12/h2-5,8,13H,6-7H2,1H3. The van der Waals surface area contributed by atoms with Gasteiger partial charge in [-0.05, 0) is 12.1 Å². The third kappa shape index (κ3) is 2.52. The second-order valence-corrected chi connectivity index (χ2v) is 3.65. The van der Waals surface area contributed by atoms with Crippen LogP contribution in [0.15, 0.2) is 35.4 Å². The molecule has 0 unspecified atom stereocenters. The highest BCUT2D eigenvalue weighted by molar-refractivity contribution is 5.44. The third-order valence-corrected chi connectivity index (χ3v) is 2.40. The van der Waals surface area contributed by atoms with Crippen molar-refractivity contribution in [2.75, 3.05) is 11.9 Å². The molecule has 2 rings (SSSR count). The van der Waals surface area contributed by atoms with Crippen LogP contribution in [0.5, 0.6) is 0 Å². The Morgan fingerprint density at radius 1 is 1.41 bits per heavy atom. The Labute approximate surface area is 97.5 Å². The first-order valence-corrected chi connectivity index (χ1v) is 5.25. The monoisotopic (exact) mass is 236 g/mol. The van der Waals surface area contributed by atoms with Gasteiger partial charge < -0.3 is 5.32 Å². The molecular weight excluding hydrogens is 223 g/mol. The zero-order chi connectivity index (χ0) is 12.3. The molecular formula is C11H13FN4O. The Balaban J connectivity index is 1.95. The maximum atomic E-state index is 13.2. The van der Waals surface area contributed by atoms with Crippen LogP contribution in [0, 0.1) is 5.82 Å². The van der Waals surface area contributed by atoms with E-state index >= 15 is 0 Å². The number of aryl methyl sites for hydroxylation is 1. The average molecular weight is 236 g/mol. The van der Waals surface area contributed by atoms with E-state index in [2.05, 4.69) is 10.4 Å². The van der Waals surface area contributed by atoms with Gasteiger partial charge in [0, 0.05) is 13.6 Å². The summed E-state index contributed by atoms with van der Waals surface area (Å²) in [6.45, 7) is 0.839. The lowest BCUT2D eigenvalue weighted by Crippen LogP contribution is -2.26. The zero-order valence-electron chi connectivity index (χ0n) is 9.43. The molecule has 17 heavy (non-hydrogen) atoms. The number of anilines is 1. The Kier molecular flexibility index (Phi) is 3.22. The first-order chi connectivity index (χ1) is 8.18. The molecule has 1 N–H and O–H groups in total. The summed E-state index contributed by atoms with van der Waals surface area (Å²) in [6.07, 6.45) is 1.45. The van der Waals surface area contributed by atoms with Gasteiger partial charge in [-0.2, -0.15) is 5.10 Å². The summed E-state index contributed by atoms with van der Waals surface area (Å²) >= 11 is 0. The van der Waals surface area contributed by atoms with E-state index in [1.807, 2.05) is 0 Å². The molecule has 1 aromatic carbocycles. The molecule has 0 amide bonds. The van der Waals surface area contributed by atoms with Crippen molar-refractivity contribution in [3.8, 4) is 0 Å². The second-order valence-electron chi connectivity index (χ2n) is 3.65. The molecule has 0 aliphatic rings. The molecule has 5 nitrogen and oxygen atoms in total. The summed E-state index contributed by atoms with van der Waals surface area (Å²) in [5.74, 6) is -0.305. The van der Waals surface area contributed by atoms with Gasteiger partial charge >= 0.3 is 5.69 Å². The number of hydrogen-bond donors (Lipinski definition) is 1. The van der Waals surface area contributed by atoms with Gasteiger partial charge in [0.05, 0.1) is 12.2 Å². The molecule has 1 aromatic heterocycles. The molecule has 0 saturated carbocycles. The van der Waals surface area contributed by atoms with Gasteiger partial charge in [-0.15, -0.1) is 0 Å². The lowest BCUT2D eigenvalue weighted by atomic mass is 10.3. The fourth-order valence-electron chi connectivity index (χ4n) is 1.48. The molecule has 0 atom stereocenters. The molecule has 0 radical (unpaired) electrons. The number of para-hydroxylation sites is 1. The van der Waals surface area contributed by atoms with Crippen LogP contribution in [0.3, 0.4) is 0 Å². The SMILES string of the molecule is Cn1cnn(CCNc2ccccc2F)c1=O. The van der Waals surface area contributed by atoms with Crippen molar-refractivity contribution in [3.63, 3.8) is 0 Å². The second kappa shape index (κ2) is 4.82. The molecule has 0 aliphatic carbocycles. The van der Waals surface area contributed by atoms with E-state index in [1.54, 1.807) is 25.2 Å². The number of nitrogens with one attached hydrogen (secondary N) is 1. The maximum absolute atomic E-state index is 13.2. The first kappa shape index (κ1) is 11.4. The normalized spacial score (nSPS) is 10.5. The van der Waals surface area contributed by atoms with Crippen LogP contribution in [0.25, 0.3) is 0 Å². The topological polar surface area (TPSA) is 51.9 Å². The van der Waals surface area contributed by atoms with Crippen molar-refractivity contribution < 1.29 is 4.39 Å². The number of halogens is 1. The predicted molar refractivity (Wildman–Crippen MR) is 62.4 cm³/mol. The summed E-state index contributed by atoms with van der Waals surface area (Å²) < 4.78 is 16.0. The van der Waals surface area contributed by atoms with Crippen molar-refractivity contribution in [2.24, 2.45) is 7.05 Å². The van der Waals surface area contributed by atoms with E-state index in [-0.39, 0.29) is 11.5 Å². The van der Waals surface area contributed by atoms with Gasteiger partial charge in [0.2, 0.25) is 0 Å². The van der Waals surface area contributed by atoms with Gasteiger partial charge in [-0.1, -0.05) is 12.1 Å². The quantitative estimate of drug-likeness (QED) is 0.855. The van der Waals surface area contributed by atoms with Gasteiger partial charge in [0.25, 0.3) is 0 Å². The zero-order valence-corrected chi connectivity index (χ0v) is 9.43. The summed E-state index contributed by atoms with van der Waals surface area (Å²) in [6, 6.07) is 6.41. The fourth-order valence-corrected chi connectivity index (χ4v) is 1.48. The average Bonchev–Trinajstić information content (AvgIpc) is 2.63. The molecule has 2 aromatic rings. The van der Waals surface area contributed by atoms with Crippen molar-refractivity contribution >= 4 is 5.69 Å². The Hall–Kier alpha value is -2.11. The van der Waals surface area contributed by atoms with Crippen molar-refractivity contribution in [2.45, 2.75) is 6.54 Å². The van der Waals surface area contributed by atoms with Gasteiger partial charge in [-0.3, -0.25) is 4.57 Å². The Morgan fingerprint density at radius 3 is 2.82 bits per heavy atom. The molecule has 0 spiro atoms. The smallest absolute Gasteiger partial charge is 0.345 e. The lowest BCUT2D eigenvalue weighted by molar-refractivity contribution is 0.598. The molecule has 0 aliphatic heterocycles. The minimum absolute atomic E-state index is 0.180. The molecule has 0 saturated heterocycles. The van der Waals surface area contributed by atoms with Crippen LogP contribution < -0.4 is 11.0 Å². The highest BCUT2D eigenvalue weighted by Crippen LogP contribution is 2.11. The predicted octanol–water partition coefficient (Wildman–Crippen LogP) is 0.833. The van der Waals surface area contributed by atoms with Crippen LogP contribution in [0.4, 0.5) is 10.1 Å². The van der Waals surface area contributed by atoms with Crippen LogP contribution >= 0.6 is 0 Å². The largest absolute Gasteiger partial charge is 0.381 e. The Bertz CT molecular complexity index is 561. The first-order valence-electron chi connectivity index (χ1n) is 5.25. The summed E-state index contributed by atoms with van der Waals surface area (Å²) in [4.78, 5) is 11.4.